The summed E-state index contributed by atoms with van der Waals surface area (Å²) in [6.07, 6.45) is 3.34. The SMILES string of the molecule is COc1ccc(CN2C(=O)C=C(c3cn(C)c4ccccc34)C2=O)cc1. The van der Waals surface area contributed by atoms with E-state index in [9.17, 15) is 9.59 Å². The number of carbonyl (C=O) groups is 2. The van der Waals surface area contributed by atoms with Crippen LogP contribution in [0.25, 0.3) is 16.5 Å². The van der Waals surface area contributed by atoms with Crippen LogP contribution < -0.4 is 4.74 Å². The van der Waals surface area contributed by atoms with Crippen LogP contribution in [0.2, 0.25) is 0 Å². The Labute approximate surface area is 151 Å². The molecule has 130 valence electrons. The van der Waals surface area contributed by atoms with E-state index in [0.29, 0.717) is 5.57 Å². The maximum atomic E-state index is 12.9. The number of hydrogen-bond acceptors (Lipinski definition) is 3. The number of ether oxygens (including phenoxy) is 1. The molecule has 0 saturated heterocycles. The minimum Gasteiger partial charge on any atom is -0.497 e. The Bertz CT molecular complexity index is 1040. The number of amides is 2. The number of methoxy groups -OCH3 is 1. The number of nitrogens with zero attached hydrogens (tertiary/aromatic N) is 2. The number of hydrogen-bond donors (Lipinski definition) is 0. The van der Waals surface area contributed by atoms with Crippen molar-refractivity contribution in [1.29, 1.82) is 0 Å². The topological polar surface area (TPSA) is 51.5 Å². The normalized spacial score (nSPS) is 14.2. The van der Waals surface area contributed by atoms with Gasteiger partial charge < -0.3 is 9.30 Å². The van der Waals surface area contributed by atoms with Crippen LogP contribution in [-0.2, 0) is 23.2 Å². The fourth-order valence-corrected chi connectivity index (χ4v) is 3.32. The summed E-state index contributed by atoms with van der Waals surface area (Å²) in [4.78, 5) is 26.6. The molecule has 2 aromatic carbocycles. The Kier molecular flexibility index (Phi) is 3.84. The largest absolute Gasteiger partial charge is 0.497 e. The molecule has 0 unspecified atom stereocenters. The second-order valence-corrected chi connectivity index (χ2v) is 6.31. The maximum absolute atomic E-state index is 12.9. The highest BCUT2D eigenvalue weighted by Gasteiger charge is 2.33. The molecule has 0 fully saturated rings. The third kappa shape index (κ3) is 2.58. The predicted molar refractivity (Wildman–Crippen MR) is 99.4 cm³/mol. The van der Waals surface area contributed by atoms with Crippen LogP contribution in [0.4, 0.5) is 0 Å². The molecule has 0 radical (unpaired) electrons. The fraction of sp³-hybridized carbons (Fsp3) is 0.143. The van der Waals surface area contributed by atoms with Crippen molar-refractivity contribution in [2.75, 3.05) is 7.11 Å². The third-order valence-corrected chi connectivity index (χ3v) is 4.70. The Hall–Kier alpha value is -3.34. The highest BCUT2D eigenvalue weighted by atomic mass is 16.5. The summed E-state index contributed by atoms with van der Waals surface area (Å²) in [5.74, 6) is 0.193. The molecular weight excluding hydrogens is 328 g/mol. The molecule has 3 aromatic rings. The van der Waals surface area contributed by atoms with Gasteiger partial charge in [-0.05, 0) is 23.8 Å². The van der Waals surface area contributed by atoms with Gasteiger partial charge in [-0.1, -0.05) is 30.3 Å². The first kappa shape index (κ1) is 16.1. The average Bonchev–Trinajstić information content (AvgIpc) is 3.14. The van der Waals surface area contributed by atoms with E-state index in [4.69, 9.17) is 4.74 Å². The van der Waals surface area contributed by atoms with Crippen LogP contribution in [0.1, 0.15) is 11.1 Å². The van der Waals surface area contributed by atoms with Crippen LogP contribution in [0, 0.1) is 0 Å². The third-order valence-electron chi connectivity index (χ3n) is 4.70. The van der Waals surface area contributed by atoms with Crippen molar-refractivity contribution in [3.8, 4) is 5.75 Å². The van der Waals surface area contributed by atoms with Gasteiger partial charge in [0.15, 0.2) is 0 Å². The highest BCUT2D eigenvalue weighted by molar-refractivity contribution is 6.35. The lowest BCUT2D eigenvalue weighted by Crippen LogP contribution is -2.30. The summed E-state index contributed by atoms with van der Waals surface area (Å²) in [5.41, 5.74) is 3.14. The maximum Gasteiger partial charge on any atom is 0.261 e. The first-order valence-electron chi connectivity index (χ1n) is 8.33. The number of aromatic nitrogens is 1. The molecule has 1 aliphatic rings. The Morgan fingerprint density at radius 3 is 2.46 bits per heavy atom. The standard InChI is InChI=1S/C21H18N2O3/c1-22-13-18(16-5-3-4-6-19(16)22)17-11-20(24)23(21(17)25)12-14-7-9-15(26-2)10-8-14/h3-11,13H,12H2,1-2H3. The number of aryl methyl sites for hydroxylation is 1. The molecule has 26 heavy (non-hydrogen) atoms. The van der Waals surface area contributed by atoms with Crippen LogP contribution in [0.5, 0.6) is 5.75 Å². The number of para-hydroxylation sites is 1. The first-order chi connectivity index (χ1) is 12.6. The van der Waals surface area contributed by atoms with Crippen molar-refractivity contribution >= 4 is 28.3 Å². The predicted octanol–water partition coefficient (Wildman–Crippen LogP) is 3.14. The van der Waals surface area contributed by atoms with Crippen molar-refractivity contribution in [2.45, 2.75) is 6.54 Å². The Balaban J connectivity index is 1.64. The van der Waals surface area contributed by atoms with Gasteiger partial charge in [-0.3, -0.25) is 14.5 Å². The van der Waals surface area contributed by atoms with E-state index < -0.39 is 0 Å². The molecule has 4 rings (SSSR count). The second kappa shape index (κ2) is 6.19. The number of imide groups is 1. The van der Waals surface area contributed by atoms with Gasteiger partial charge in [0, 0.05) is 35.8 Å². The monoisotopic (exact) mass is 346 g/mol. The van der Waals surface area contributed by atoms with Crippen molar-refractivity contribution < 1.29 is 14.3 Å². The van der Waals surface area contributed by atoms with Gasteiger partial charge in [-0.15, -0.1) is 0 Å². The van der Waals surface area contributed by atoms with E-state index in [1.807, 2.05) is 66.3 Å². The molecular formula is C21H18N2O3. The zero-order chi connectivity index (χ0) is 18.3. The molecule has 0 bridgehead atoms. The molecule has 0 aliphatic carbocycles. The molecule has 0 spiro atoms. The molecule has 5 nitrogen and oxygen atoms in total. The first-order valence-corrected chi connectivity index (χ1v) is 8.33. The number of rotatable bonds is 4. The lowest BCUT2D eigenvalue weighted by molar-refractivity contribution is -0.137. The highest BCUT2D eigenvalue weighted by Crippen LogP contribution is 2.31. The van der Waals surface area contributed by atoms with Gasteiger partial charge in [0.1, 0.15) is 5.75 Å². The summed E-state index contributed by atoms with van der Waals surface area (Å²) >= 11 is 0. The van der Waals surface area contributed by atoms with E-state index >= 15 is 0 Å². The lowest BCUT2D eigenvalue weighted by atomic mass is 10.1. The summed E-state index contributed by atoms with van der Waals surface area (Å²) in [7, 11) is 3.53. The Morgan fingerprint density at radius 2 is 1.73 bits per heavy atom. The number of fused-ring (bicyclic) bond motifs is 1. The quantitative estimate of drug-likeness (QED) is 0.682. The number of benzene rings is 2. The average molecular weight is 346 g/mol. The van der Waals surface area contributed by atoms with Gasteiger partial charge in [0.25, 0.3) is 11.8 Å². The molecule has 0 N–H and O–H groups in total. The van der Waals surface area contributed by atoms with Gasteiger partial charge in [0.2, 0.25) is 0 Å². The molecule has 0 atom stereocenters. The fourth-order valence-electron chi connectivity index (χ4n) is 3.32. The van der Waals surface area contributed by atoms with E-state index in [1.165, 1.54) is 11.0 Å². The zero-order valence-electron chi connectivity index (χ0n) is 14.6. The molecule has 0 saturated carbocycles. The van der Waals surface area contributed by atoms with Gasteiger partial charge in [-0.2, -0.15) is 0 Å². The number of carbonyl (C=O) groups excluding carboxylic acids is 2. The summed E-state index contributed by atoms with van der Waals surface area (Å²) in [6.45, 7) is 0.242. The van der Waals surface area contributed by atoms with E-state index in [-0.39, 0.29) is 18.4 Å². The van der Waals surface area contributed by atoms with Crippen LogP contribution >= 0.6 is 0 Å². The van der Waals surface area contributed by atoms with Crippen LogP contribution in [-0.4, -0.2) is 28.4 Å². The van der Waals surface area contributed by atoms with Crippen LogP contribution in [0.3, 0.4) is 0 Å². The van der Waals surface area contributed by atoms with Gasteiger partial charge in [-0.25, -0.2) is 0 Å². The molecule has 1 aliphatic heterocycles. The minimum atomic E-state index is -0.284. The molecule has 5 heteroatoms. The van der Waals surface area contributed by atoms with E-state index in [0.717, 1.165) is 27.8 Å². The van der Waals surface area contributed by atoms with Crippen LogP contribution in [0.15, 0.2) is 60.8 Å². The molecule has 2 heterocycles. The summed E-state index contributed by atoms with van der Waals surface area (Å²) in [6, 6.07) is 15.2. The smallest absolute Gasteiger partial charge is 0.261 e. The second-order valence-electron chi connectivity index (χ2n) is 6.31. The molecule has 1 aromatic heterocycles. The lowest BCUT2D eigenvalue weighted by Gasteiger charge is -2.15. The van der Waals surface area contributed by atoms with Crippen molar-refractivity contribution in [3.63, 3.8) is 0 Å². The van der Waals surface area contributed by atoms with E-state index in [1.54, 1.807) is 7.11 Å². The van der Waals surface area contributed by atoms with Gasteiger partial charge >= 0.3 is 0 Å². The van der Waals surface area contributed by atoms with E-state index in [2.05, 4.69) is 0 Å². The molecule has 2 amide bonds. The zero-order valence-corrected chi connectivity index (χ0v) is 14.6. The van der Waals surface area contributed by atoms with Crippen molar-refractivity contribution in [3.05, 3.63) is 71.9 Å². The van der Waals surface area contributed by atoms with Crippen molar-refractivity contribution in [1.82, 2.24) is 9.47 Å². The van der Waals surface area contributed by atoms with Gasteiger partial charge in [0.05, 0.1) is 19.2 Å². The minimum absolute atomic E-state index is 0.242. The summed E-state index contributed by atoms with van der Waals surface area (Å²) in [5, 5.41) is 0.966. The summed E-state index contributed by atoms with van der Waals surface area (Å²) < 4.78 is 7.11. The Morgan fingerprint density at radius 1 is 1.00 bits per heavy atom. The van der Waals surface area contributed by atoms with Crippen molar-refractivity contribution in [2.24, 2.45) is 7.05 Å².